The summed E-state index contributed by atoms with van der Waals surface area (Å²) in [5.74, 6) is -0.348. The third kappa shape index (κ3) is 1.93. The molecule has 1 heterocycles. The molecule has 4 nitrogen and oxygen atoms in total. The summed E-state index contributed by atoms with van der Waals surface area (Å²) < 4.78 is 0. The monoisotopic (exact) mass is 240 g/mol. The van der Waals surface area contributed by atoms with Crippen molar-refractivity contribution in [1.29, 1.82) is 0 Å². The fraction of sp³-hybridized carbons (Fsp3) is 0.364. The van der Waals surface area contributed by atoms with Crippen LogP contribution in [0.5, 0.6) is 5.75 Å². The largest absolute Gasteiger partial charge is 0.506 e. The predicted molar refractivity (Wildman–Crippen MR) is 62.6 cm³/mol. The van der Waals surface area contributed by atoms with Gasteiger partial charge in [-0.2, -0.15) is 0 Å². The van der Waals surface area contributed by atoms with Crippen LogP contribution >= 0.6 is 11.6 Å². The first-order chi connectivity index (χ1) is 7.59. The van der Waals surface area contributed by atoms with E-state index in [0.29, 0.717) is 11.6 Å². The van der Waals surface area contributed by atoms with Gasteiger partial charge in [-0.15, -0.1) is 0 Å². The van der Waals surface area contributed by atoms with Crippen LogP contribution in [0.25, 0.3) is 0 Å². The van der Waals surface area contributed by atoms with Gasteiger partial charge in [0.05, 0.1) is 11.6 Å². The Morgan fingerprint density at radius 1 is 1.56 bits per heavy atom. The van der Waals surface area contributed by atoms with Crippen molar-refractivity contribution in [2.45, 2.75) is 6.42 Å². The van der Waals surface area contributed by atoms with Crippen molar-refractivity contribution in [2.75, 3.05) is 18.0 Å². The van der Waals surface area contributed by atoms with E-state index in [0.717, 1.165) is 18.7 Å². The van der Waals surface area contributed by atoms with Crippen LogP contribution in [0.4, 0.5) is 5.69 Å². The van der Waals surface area contributed by atoms with Gasteiger partial charge in [-0.05, 0) is 18.6 Å². The third-order valence-corrected chi connectivity index (χ3v) is 3.28. The Labute approximate surface area is 98.6 Å². The highest BCUT2D eigenvalue weighted by Crippen LogP contribution is 2.35. The van der Waals surface area contributed by atoms with E-state index in [1.165, 1.54) is 6.07 Å². The molecule has 1 saturated heterocycles. The molecule has 0 bridgehead atoms. The fourth-order valence-electron chi connectivity index (χ4n) is 1.96. The van der Waals surface area contributed by atoms with E-state index < -0.39 is 0 Å². The van der Waals surface area contributed by atoms with Gasteiger partial charge in [0.15, 0.2) is 0 Å². The molecular weight excluding hydrogens is 228 g/mol. The Morgan fingerprint density at radius 2 is 2.31 bits per heavy atom. The van der Waals surface area contributed by atoms with E-state index in [1.54, 1.807) is 6.07 Å². The minimum absolute atomic E-state index is 0.0571. The fourth-order valence-corrected chi connectivity index (χ4v) is 2.21. The molecule has 0 saturated carbocycles. The smallest absolute Gasteiger partial charge is 0.222 e. The number of phenols is 1. The number of anilines is 1. The van der Waals surface area contributed by atoms with E-state index in [2.05, 4.69) is 0 Å². The number of hydrogen-bond donors (Lipinski definition) is 2. The second kappa shape index (κ2) is 4.22. The molecule has 86 valence electrons. The highest BCUT2D eigenvalue weighted by Gasteiger charge is 2.28. The lowest BCUT2D eigenvalue weighted by Crippen LogP contribution is -2.27. The van der Waals surface area contributed by atoms with Crippen molar-refractivity contribution in [3.8, 4) is 5.75 Å². The summed E-state index contributed by atoms with van der Waals surface area (Å²) in [5.41, 5.74) is 6.01. The molecule has 1 atom stereocenters. The van der Waals surface area contributed by atoms with Crippen molar-refractivity contribution >= 4 is 23.2 Å². The molecule has 1 aliphatic rings. The van der Waals surface area contributed by atoms with Crippen LogP contribution in [0.15, 0.2) is 18.2 Å². The summed E-state index contributed by atoms with van der Waals surface area (Å²) in [7, 11) is 0. The summed E-state index contributed by atoms with van der Waals surface area (Å²) in [4.78, 5) is 13.0. The number of carbonyl (C=O) groups is 1. The molecule has 3 N–H and O–H groups in total. The van der Waals surface area contributed by atoms with Crippen LogP contribution in [0.1, 0.15) is 6.42 Å². The third-order valence-electron chi connectivity index (χ3n) is 2.89. The Balaban J connectivity index is 2.21. The molecule has 2 rings (SSSR count). The number of carbonyl (C=O) groups excluding carboxylic acids is 1. The minimum Gasteiger partial charge on any atom is -0.506 e. The average molecular weight is 241 g/mol. The number of nitrogens with two attached hydrogens (primary N) is 1. The van der Waals surface area contributed by atoms with Gasteiger partial charge in [0, 0.05) is 13.1 Å². The lowest BCUT2D eigenvalue weighted by Gasteiger charge is -2.19. The van der Waals surface area contributed by atoms with E-state index in [1.807, 2.05) is 11.0 Å². The van der Waals surface area contributed by atoms with Gasteiger partial charge in [-0.1, -0.05) is 17.7 Å². The van der Waals surface area contributed by atoms with Gasteiger partial charge in [0.25, 0.3) is 0 Å². The first-order valence-corrected chi connectivity index (χ1v) is 5.49. The number of hydrogen-bond acceptors (Lipinski definition) is 3. The van der Waals surface area contributed by atoms with Gasteiger partial charge in [0.2, 0.25) is 5.91 Å². The standard InChI is InChI=1S/C11H13ClN2O2/c12-10-8(2-1-3-9(10)15)14-5-4-7(6-14)11(13)16/h1-3,7,15H,4-6H2,(H2,13,16). The second-order valence-corrected chi connectivity index (χ2v) is 4.32. The zero-order valence-corrected chi connectivity index (χ0v) is 9.44. The summed E-state index contributed by atoms with van der Waals surface area (Å²) in [6, 6.07) is 5.09. The SMILES string of the molecule is NC(=O)C1CCN(c2cccc(O)c2Cl)C1. The van der Waals surface area contributed by atoms with Gasteiger partial charge in [-0.25, -0.2) is 0 Å². The van der Waals surface area contributed by atoms with Gasteiger partial charge < -0.3 is 15.7 Å². The Kier molecular flexibility index (Phi) is 2.92. The van der Waals surface area contributed by atoms with Crippen molar-refractivity contribution < 1.29 is 9.90 Å². The molecule has 1 amide bonds. The molecule has 0 radical (unpaired) electrons. The maximum absolute atomic E-state index is 11.0. The first-order valence-electron chi connectivity index (χ1n) is 5.11. The summed E-state index contributed by atoms with van der Waals surface area (Å²) in [6.45, 7) is 1.30. The molecular formula is C11H13ClN2O2. The summed E-state index contributed by atoms with van der Waals surface area (Å²) in [5, 5.41) is 9.81. The minimum atomic E-state index is -0.279. The number of halogens is 1. The van der Waals surface area contributed by atoms with Crippen LogP contribution in [0.2, 0.25) is 5.02 Å². The van der Waals surface area contributed by atoms with E-state index in [-0.39, 0.29) is 17.6 Å². The Morgan fingerprint density at radius 3 is 2.94 bits per heavy atom. The molecule has 1 fully saturated rings. The Bertz CT molecular complexity index is 422. The molecule has 1 unspecified atom stereocenters. The summed E-state index contributed by atoms with van der Waals surface area (Å²) >= 11 is 5.99. The predicted octanol–water partition coefficient (Wildman–Crippen LogP) is 1.36. The average Bonchev–Trinajstić information content (AvgIpc) is 2.71. The molecule has 1 aromatic rings. The summed E-state index contributed by atoms with van der Waals surface area (Å²) in [6.07, 6.45) is 0.737. The number of phenolic OH excluding ortho intramolecular Hbond substituents is 1. The number of primary amides is 1. The quantitative estimate of drug-likeness (QED) is 0.820. The number of benzene rings is 1. The number of nitrogens with zero attached hydrogens (tertiary/aromatic N) is 1. The molecule has 0 aromatic heterocycles. The van der Waals surface area contributed by atoms with Gasteiger partial charge in [-0.3, -0.25) is 4.79 Å². The van der Waals surface area contributed by atoms with Crippen LogP contribution in [0.3, 0.4) is 0 Å². The van der Waals surface area contributed by atoms with E-state index in [9.17, 15) is 9.90 Å². The van der Waals surface area contributed by atoms with Crippen LogP contribution in [-0.2, 0) is 4.79 Å². The van der Waals surface area contributed by atoms with Crippen LogP contribution in [-0.4, -0.2) is 24.1 Å². The zero-order chi connectivity index (χ0) is 11.7. The number of rotatable bonds is 2. The molecule has 0 aliphatic carbocycles. The lowest BCUT2D eigenvalue weighted by atomic mass is 10.1. The van der Waals surface area contributed by atoms with E-state index in [4.69, 9.17) is 17.3 Å². The van der Waals surface area contributed by atoms with E-state index >= 15 is 0 Å². The topological polar surface area (TPSA) is 66.6 Å². The lowest BCUT2D eigenvalue weighted by molar-refractivity contribution is -0.121. The van der Waals surface area contributed by atoms with Crippen molar-refractivity contribution in [3.63, 3.8) is 0 Å². The second-order valence-electron chi connectivity index (χ2n) is 3.94. The molecule has 0 spiro atoms. The van der Waals surface area contributed by atoms with Crippen LogP contribution in [0, 0.1) is 5.92 Å². The molecule has 1 aromatic carbocycles. The first kappa shape index (κ1) is 11.1. The maximum Gasteiger partial charge on any atom is 0.222 e. The van der Waals surface area contributed by atoms with Crippen molar-refractivity contribution in [3.05, 3.63) is 23.2 Å². The van der Waals surface area contributed by atoms with Crippen LogP contribution < -0.4 is 10.6 Å². The zero-order valence-electron chi connectivity index (χ0n) is 8.69. The molecule has 5 heteroatoms. The number of aromatic hydroxyl groups is 1. The van der Waals surface area contributed by atoms with Crippen molar-refractivity contribution in [2.24, 2.45) is 11.7 Å². The number of amides is 1. The Hall–Kier alpha value is -1.42. The van der Waals surface area contributed by atoms with Crippen molar-refractivity contribution in [1.82, 2.24) is 0 Å². The molecule has 16 heavy (non-hydrogen) atoms. The van der Waals surface area contributed by atoms with Gasteiger partial charge in [0.1, 0.15) is 10.8 Å². The highest BCUT2D eigenvalue weighted by molar-refractivity contribution is 6.34. The van der Waals surface area contributed by atoms with Gasteiger partial charge >= 0.3 is 0 Å². The normalized spacial score (nSPS) is 20.1. The maximum atomic E-state index is 11.0. The highest BCUT2D eigenvalue weighted by atomic mass is 35.5. The molecule has 1 aliphatic heterocycles.